The summed E-state index contributed by atoms with van der Waals surface area (Å²) in [6, 6.07) is 13.7. The molecule has 1 atom stereocenters. The number of nitrogens with one attached hydrogen (secondary N) is 1. The number of aromatic nitrogens is 1. The third-order valence-corrected chi connectivity index (χ3v) is 8.09. The predicted octanol–water partition coefficient (Wildman–Crippen LogP) is 4.32. The highest BCUT2D eigenvalue weighted by molar-refractivity contribution is 7.89. The molecule has 1 fully saturated rings. The highest BCUT2D eigenvalue weighted by Crippen LogP contribution is 2.29. The fourth-order valence-electron chi connectivity index (χ4n) is 4.09. The molecule has 3 aromatic rings. The minimum Gasteiger partial charge on any atom is -0.355 e. The molecule has 1 saturated heterocycles. The fraction of sp³-hybridized carbons (Fsp3) is 0.308. The van der Waals surface area contributed by atoms with E-state index in [4.69, 9.17) is 4.52 Å². The van der Waals surface area contributed by atoms with Gasteiger partial charge in [0.25, 0.3) is 0 Å². The number of hydrogen-bond acceptors (Lipinski definition) is 5. The molecular formula is C26H28FN3O4S. The van der Waals surface area contributed by atoms with Gasteiger partial charge in [0.05, 0.1) is 5.92 Å². The summed E-state index contributed by atoms with van der Waals surface area (Å²) in [4.78, 5) is 12.8. The first kappa shape index (κ1) is 24.8. The Balaban J connectivity index is 1.47. The summed E-state index contributed by atoms with van der Waals surface area (Å²) in [5.41, 5.74) is 3.08. The molecule has 2 heterocycles. The van der Waals surface area contributed by atoms with Gasteiger partial charge in [-0.05, 0) is 56.0 Å². The average Bonchev–Trinajstić information content (AvgIpc) is 3.24. The summed E-state index contributed by atoms with van der Waals surface area (Å²) in [6.45, 7) is 4.23. The molecule has 0 saturated carbocycles. The quantitative estimate of drug-likeness (QED) is 0.525. The van der Waals surface area contributed by atoms with Crippen molar-refractivity contribution in [2.45, 2.75) is 38.1 Å². The fourth-order valence-corrected chi connectivity index (χ4v) is 5.86. The molecule has 0 aliphatic carbocycles. The molecule has 0 radical (unpaired) electrons. The van der Waals surface area contributed by atoms with E-state index < -0.39 is 15.9 Å². The monoisotopic (exact) mass is 497 g/mol. The van der Waals surface area contributed by atoms with Gasteiger partial charge in [0.15, 0.2) is 10.7 Å². The summed E-state index contributed by atoms with van der Waals surface area (Å²) in [5.74, 6) is -0.891. The Hall–Kier alpha value is -3.30. The second-order valence-electron chi connectivity index (χ2n) is 8.75. The first-order valence-corrected chi connectivity index (χ1v) is 12.9. The molecule has 1 aromatic heterocycles. The van der Waals surface area contributed by atoms with Crippen molar-refractivity contribution in [3.05, 3.63) is 82.5 Å². The van der Waals surface area contributed by atoms with Crippen LogP contribution in [0.2, 0.25) is 0 Å². The summed E-state index contributed by atoms with van der Waals surface area (Å²) in [7, 11) is -3.93. The lowest BCUT2D eigenvalue weighted by Crippen LogP contribution is -2.45. The van der Waals surface area contributed by atoms with E-state index in [0.717, 1.165) is 16.7 Å². The van der Waals surface area contributed by atoms with Gasteiger partial charge < -0.3 is 9.84 Å². The van der Waals surface area contributed by atoms with Crippen LogP contribution in [-0.2, 0) is 21.4 Å². The minimum atomic E-state index is -3.93. The number of nitrogens with zero attached hydrogens (tertiary/aromatic N) is 2. The number of carbonyl (C=O) groups excluding carboxylic acids is 1. The van der Waals surface area contributed by atoms with Gasteiger partial charge >= 0.3 is 0 Å². The number of hydrogen-bond donors (Lipinski definition) is 1. The van der Waals surface area contributed by atoms with Crippen LogP contribution in [0.15, 0.2) is 57.9 Å². The van der Waals surface area contributed by atoms with Gasteiger partial charge in [-0.15, -0.1) is 0 Å². The van der Waals surface area contributed by atoms with Gasteiger partial charge in [0.2, 0.25) is 15.9 Å². The summed E-state index contributed by atoms with van der Waals surface area (Å²) in [6.07, 6.45) is 4.53. The number of amides is 1. The Morgan fingerprint density at radius 2 is 1.86 bits per heavy atom. The number of rotatable bonds is 7. The van der Waals surface area contributed by atoms with E-state index in [2.05, 4.69) is 10.5 Å². The topological polar surface area (TPSA) is 92.5 Å². The van der Waals surface area contributed by atoms with Crippen molar-refractivity contribution < 1.29 is 22.1 Å². The van der Waals surface area contributed by atoms with Crippen molar-refractivity contribution in [2.75, 3.05) is 13.1 Å². The molecule has 0 spiro atoms. The maximum atomic E-state index is 13.6. The van der Waals surface area contributed by atoms with Crippen molar-refractivity contribution in [3.63, 3.8) is 0 Å². The predicted molar refractivity (Wildman–Crippen MR) is 131 cm³/mol. The molecule has 7 nitrogen and oxygen atoms in total. The number of aryl methyl sites for hydroxylation is 2. The van der Waals surface area contributed by atoms with E-state index in [1.165, 1.54) is 16.4 Å². The normalized spacial score (nSPS) is 17.1. The average molecular weight is 498 g/mol. The zero-order chi connectivity index (χ0) is 25.0. The van der Waals surface area contributed by atoms with Crippen LogP contribution in [0.25, 0.3) is 12.2 Å². The van der Waals surface area contributed by atoms with Gasteiger partial charge in [-0.1, -0.05) is 53.2 Å². The van der Waals surface area contributed by atoms with E-state index in [0.29, 0.717) is 19.4 Å². The summed E-state index contributed by atoms with van der Waals surface area (Å²) >= 11 is 0. The van der Waals surface area contributed by atoms with Crippen molar-refractivity contribution in [3.8, 4) is 0 Å². The molecule has 1 N–H and O–H groups in total. The van der Waals surface area contributed by atoms with E-state index in [1.54, 1.807) is 31.2 Å². The summed E-state index contributed by atoms with van der Waals surface area (Å²) < 4.78 is 46.9. The van der Waals surface area contributed by atoms with Gasteiger partial charge in [-0.2, -0.15) is 4.31 Å². The van der Waals surface area contributed by atoms with E-state index in [-0.39, 0.29) is 41.2 Å². The SMILES string of the molecule is Cc1ccc(/C=C/c2onc(C)c2S(=O)(=O)N2CCC[C@H](C(=O)NCc3ccc(F)cc3)C2)cc1. The van der Waals surface area contributed by atoms with Crippen LogP contribution >= 0.6 is 0 Å². The number of sulfonamides is 1. The Morgan fingerprint density at radius 1 is 1.14 bits per heavy atom. The molecule has 4 rings (SSSR count). The van der Waals surface area contributed by atoms with Crippen LogP contribution in [0.1, 0.15) is 41.0 Å². The summed E-state index contributed by atoms with van der Waals surface area (Å²) in [5, 5.41) is 6.72. The minimum absolute atomic E-state index is 0.0215. The maximum Gasteiger partial charge on any atom is 0.248 e. The molecule has 35 heavy (non-hydrogen) atoms. The molecule has 2 aromatic carbocycles. The molecule has 1 amide bonds. The second kappa shape index (κ2) is 10.5. The standard InChI is InChI=1S/C26H28FN3O4S/c1-18-5-7-20(8-6-18)11-14-24-25(19(2)29-34-24)35(32,33)30-15-3-4-22(17-30)26(31)28-16-21-9-12-23(27)13-10-21/h5-14,22H,3-4,15-17H2,1-2H3,(H,28,31)/b14-11+/t22-/m0/s1. The zero-order valence-electron chi connectivity index (χ0n) is 19.7. The molecule has 1 aliphatic heterocycles. The van der Waals surface area contributed by atoms with E-state index in [1.807, 2.05) is 31.2 Å². The van der Waals surface area contributed by atoms with Crippen LogP contribution in [0, 0.1) is 25.6 Å². The largest absolute Gasteiger partial charge is 0.355 e. The highest BCUT2D eigenvalue weighted by atomic mass is 32.2. The van der Waals surface area contributed by atoms with Crippen LogP contribution in [0.5, 0.6) is 0 Å². The zero-order valence-corrected chi connectivity index (χ0v) is 20.5. The van der Waals surface area contributed by atoms with Crippen LogP contribution in [0.3, 0.4) is 0 Å². The Bertz CT molecular complexity index is 1320. The number of halogens is 1. The molecular weight excluding hydrogens is 469 g/mol. The van der Waals surface area contributed by atoms with Crippen LogP contribution in [-0.4, -0.2) is 36.9 Å². The lowest BCUT2D eigenvalue weighted by Gasteiger charge is -2.31. The maximum absolute atomic E-state index is 13.6. The third-order valence-electron chi connectivity index (χ3n) is 6.07. The molecule has 1 aliphatic rings. The molecule has 0 unspecified atom stereocenters. The first-order valence-electron chi connectivity index (χ1n) is 11.5. The lowest BCUT2D eigenvalue weighted by atomic mass is 9.99. The van der Waals surface area contributed by atoms with Crippen molar-refractivity contribution in [1.29, 1.82) is 0 Å². The Kier molecular flexibility index (Phi) is 7.47. The number of piperidine rings is 1. The van der Waals surface area contributed by atoms with Crippen LogP contribution < -0.4 is 5.32 Å². The molecule has 0 bridgehead atoms. The van der Waals surface area contributed by atoms with Crippen molar-refractivity contribution in [2.24, 2.45) is 5.92 Å². The molecule has 9 heteroatoms. The van der Waals surface area contributed by atoms with Gasteiger partial charge in [-0.25, -0.2) is 12.8 Å². The van der Waals surface area contributed by atoms with Crippen LogP contribution in [0.4, 0.5) is 4.39 Å². The smallest absolute Gasteiger partial charge is 0.248 e. The number of benzene rings is 2. The van der Waals surface area contributed by atoms with Gasteiger partial charge in [0, 0.05) is 19.6 Å². The van der Waals surface area contributed by atoms with Gasteiger partial charge in [0.1, 0.15) is 11.5 Å². The first-order chi connectivity index (χ1) is 16.7. The van der Waals surface area contributed by atoms with Crippen molar-refractivity contribution >= 4 is 28.1 Å². The highest BCUT2D eigenvalue weighted by Gasteiger charge is 2.36. The lowest BCUT2D eigenvalue weighted by molar-refractivity contribution is -0.126. The van der Waals surface area contributed by atoms with Crippen molar-refractivity contribution in [1.82, 2.24) is 14.8 Å². The number of carbonyl (C=O) groups is 1. The Labute approximate surface area is 204 Å². The second-order valence-corrected chi connectivity index (χ2v) is 10.6. The third kappa shape index (κ3) is 5.86. The molecule has 184 valence electrons. The van der Waals surface area contributed by atoms with E-state index in [9.17, 15) is 17.6 Å². The van der Waals surface area contributed by atoms with E-state index >= 15 is 0 Å². The van der Waals surface area contributed by atoms with Gasteiger partial charge in [-0.3, -0.25) is 4.79 Å². The Morgan fingerprint density at radius 3 is 2.57 bits per heavy atom.